The Morgan fingerprint density at radius 2 is 1.86 bits per heavy atom. The molecule has 122 valence electrons. The van der Waals surface area contributed by atoms with Gasteiger partial charge in [-0.25, -0.2) is 4.39 Å². The molecule has 2 atom stereocenters. The van der Waals surface area contributed by atoms with Gasteiger partial charge in [0.1, 0.15) is 11.6 Å². The number of nitrogens with zero attached hydrogens (tertiary/aromatic N) is 2. The number of aliphatic hydroxyl groups is 1. The number of methoxy groups -OCH3 is 1. The van der Waals surface area contributed by atoms with E-state index in [0.717, 1.165) is 51.1 Å². The zero-order valence-corrected chi connectivity index (χ0v) is 13.2. The molecule has 4 nitrogen and oxygen atoms in total. The van der Waals surface area contributed by atoms with Gasteiger partial charge in [0.15, 0.2) is 0 Å². The lowest BCUT2D eigenvalue weighted by Gasteiger charge is -2.43. The zero-order chi connectivity index (χ0) is 15.5. The Kier molecular flexibility index (Phi) is 4.84. The average molecular weight is 308 g/mol. The Labute approximate surface area is 131 Å². The highest BCUT2D eigenvalue weighted by molar-refractivity contribution is 5.59. The van der Waals surface area contributed by atoms with Crippen molar-refractivity contribution in [2.75, 3.05) is 38.2 Å². The van der Waals surface area contributed by atoms with E-state index in [9.17, 15) is 9.50 Å². The first-order valence-electron chi connectivity index (χ1n) is 8.19. The summed E-state index contributed by atoms with van der Waals surface area (Å²) < 4.78 is 18.6. The van der Waals surface area contributed by atoms with Crippen LogP contribution in [0.2, 0.25) is 0 Å². The molecule has 2 fully saturated rings. The molecule has 3 rings (SSSR count). The minimum atomic E-state index is -0.274. The van der Waals surface area contributed by atoms with E-state index in [-0.39, 0.29) is 11.9 Å². The summed E-state index contributed by atoms with van der Waals surface area (Å²) in [7, 11) is 1.58. The molecule has 5 heteroatoms. The quantitative estimate of drug-likeness (QED) is 0.929. The topological polar surface area (TPSA) is 35.9 Å². The molecule has 2 unspecified atom stereocenters. The van der Waals surface area contributed by atoms with Crippen LogP contribution in [-0.4, -0.2) is 55.4 Å². The van der Waals surface area contributed by atoms with Crippen LogP contribution < -0.4 is 9.64 Å². The van der Waals surface area contributed by atoms with Gasteiger partial charge in [-0.15, -0.1) is 0 Å². The number of piperazine rings is 1. The second-order valence-electron chi connectivity index (χ2n) is 6.26. The van der Waals surface area contributed by atoms with Gasteiger partial charge in [0.05, 0.1) is 18.9 Å². The Morgan fingerprint density at radius 1 is 1.14 bits per heavy atom. The second kappa shape index (κ2) is 6.84. The molecule has 1 heterocycles. The highest BCUT2D eigenvalue weighted by Gasteiger charge is 2.31. The van der Waals surface area contributed by atoms with Gasteiger partial charge >= 0.3 is 0 Å². The summed E-state index contributed by atoms with van der Waals surface area (Å²) in [6.45, 7) is 3.63. The lowest BCUT2D eigenvalue weighted by molar-refractivity contribution is 0.0173. The van der Waals surface area contributed by atoms with Gasteiger partial charge in [0.25, 0.3) is 0 Å². The van der Waals surface area contributed by atoms with E-state index in [1.807, 2.05) is 0 Å². The number of rotatable bonds is 3. The van der Waals surface area contributed by atoms with Crippen molar-refractivity contribution in [3.63, 3.8) is 0 Å². The van der Waals surface area contributed by atoms with E-state index >= 15 is 0 Å². The first-order chi connectivity index (χ1) is 10.7. The van der Waals surface area contributed by atoms with Crippen molar-refractivity contribution in [2.24, 2.45) is 0 Å². The summed E-state index contributed by atoms with van der Waals surface area (Å²) in [6.07, 6.45) is 4.20. The largest absolute Gasteiger partial charge is 0.494 e. The molecule has 0 bridgehead atoms. The average Bonchev–Trinajstić information content (AvgIpc) is 2.55. The van der Waals surface area contributed by atoms with E-state index < -0.39 is 0 Å². The summed E-state index contributed by atoms with van der Waals surface area (Å²) >= 11 is 0. The van der Waals surface area contributed by atoms with Gasteiger partial charge in [-0.2, -0.15) is 0 Å². The third-order valence-electron chi connectivity index (χ3n) is 4.96. The first kappa shape index (κ1) is 15.6. The maximum Gasteiger partial charge on any atom is 0.145 e. The van der Waals surface area contributed by atoms with Crippen LogP contribution in [0.25, 0.3) is 0 Å². The van der Waals surface area contributed by atoms with Crippen LogP contribution in [0.5, 0.6) is 5.75 Å². The molecule has 2 aliphatic rings. The van der Waals surface area contributed by atoms with Gasteiger partial charge in [-0.1, -0.05) is 12.8 Å². The molecule has 1 aromatic carbocycles. The smallest absolute Gasteiger partial charge is 0.145 e. The van der Waals surface area contributed by atoms with Crippen molar-refractivity contribution in [1.82, 2.24) is 4.90 Å². The normalized spacial score (nSPS) is 27.0. The molecule has 1 N–H and O–H groups in total. The molecule has 0 aromatic heterocycles. The van der Waals surface area contributed by atoms with Gasteiger partial charge in [-0.05, 0) is 25.0 Å². The lowest BCUT2D eigenvalue weighted by atomic mass is 9.91. The van der Waals surface area contributed by atoms with E-state index in [1.54, 1.807) is 13.2 Å². The molecule has 0 spiro atoms. The predicted octanol–water partition coefficient (Wildman–Crippen LogP) is 2.26. The SMILES string of the molecule is COc1cc(F)ccc1N1CCN(C2CCCCC2O)CC1. The Morgan fingerprint density at radius 3 is 2.55 bits per heavy atom. The van der Waals surface area contributed by atoms with Crippen LogP contribution in [0.15, 0.2) is 18.2 Å². The van der Waals surface area contributed by atoms with Crippen molar-refractivity contribution >= 4 is 5.69 Å². The van der Waals surface area contributed by atoms with Crippen LogP contribution in [0.1, 0.15) is 25.7 Å². The van der Waals surface area contributed by atoms with Crippen LogP contribution >= 0.6 is 0 Å². The van der Waals surface area contributed by atoms with E-state index in [0.29, 0.717) is 11.8 Å². The van der Waals surface area contributed by atoms with Crippen molar-refractivity contribution in [1.29, 1.82) is 0 Å². The number of benzene rings is 1. The number of hydrogen-bond donors (Lipinski definition) is 1. The Balaban J connectivity index is 1.64. The van der Waals surface area contributed by atoms with Gasteiger partial charge in [0.2, 0.25) is 0 Å². The molecular formula is C17H25FN2O2. The monoisotopic (exact) mass is 308 g/mol. The molecule has 1 saturated heterocycles. The fraction of sp³-hybridized carbons (Fsp3) is 0.647. The third-order valence-corrected chi connectivity index (χ3v) is 4.96. The molecule has 22 heavy (non-hydrogen) atoms. The molecule has 0 amide bonds. The minimum absolute atomic E-state index is 0.180. The zero-order valence-electron chi connectivity index (χ0n) is 13.2. The third kappa shape index (κ3) is 3.20. The standard InChI is InChI=1S/C17H25FN2O2/c1-22-17-12-13(18)6-7-15(17)20-10-8-19(9-11-20)14-4-2-3-5-16(14)21/h6-7,12,14,16,21H,2-5,8-11H2,1H3. The number of halogens is 1. The maximum absolute atomic E-state index is 13.3. The molecule has 1 aliphatic heterocycles. The summed E-state index contributed by atoms with van der Waals surface area (Å²) in [6, 6.07) is 5.02. The number of hydrogen-bond acceptors (Lipinski definition) is 4. The second-order valence-corrected chi connectivity index (χ2v) is 6.26. The van der Waals surface area contributed by atoms with Gasteiger partial charge < -0.3 is 14.7 Å². The van der Waals surface area contributed by atoms with Crippen LogP contribution in [0, 0.1) is 5.82 Å². The molecule has 1 aromatic rings. The summed E-state index contributed by atoms with van der Waals surface area (Å²) in [4.78, 5) is 4.65. The minimum Gasteiger partial charge on any atom is -0.494 e. The summed E-state index contributed by atoms with van der Waals surface area (Å²) in [5, 5.41) is 10.2. The highest BCUT2D eigenvalue weighted by Crippen LogP contribution is 2.31. The summed E-state index contributed by atoms with van der Waals surface area (Å²) in [5.74, 6) is 0.315. The van der Waals surface area contributed by atoms with Crippen LogP contribution in [-0.2, 0) is 0 Å². The molecule has 0 radical (unpaired) electrons. The van der Waals surface area contributed by atoms with E-state index in [1.165, 1.54) is 18.6 Å². The van der Waals surface area contributed by atoms with E-state index in [2.05, 4.69) is 9.80 Å². The van der Waals surface area contributed by atoms with Crippen molar-refractivity contribution < 1.29 is 14.2 Å². The van der Waals surface area contributed by atoms with Crippen LogP contribution in [0.3, 0.4) is 0 Å². The molecule has 1 saturated carbocycles. The fourth-order valence-electron chi connectivity index (χ4n) is 3.72. The first-order valence-corrected chi connectivity index (χ1v) is 8.19. The fourth-order valence-corrected chi connectivity index (χ4v) is 3.72. The predicted molar refractivity (Wildman–Crippen MR) is 85.0 cm³/mol. The Bertz CT molecular complexity index is 503. The summed E-state index contributed by atoms with van der Waals surface area (Å²) in [5.41, 5.74) is 0.952. The maximum atomic E-state index is 13.3. The van der Waals surface area contributed by atoms with Crippen LogP contribution in [0.4, 0.5) is 10.1 Å². The number of anilines is 1. The number of ether oxygens (including phenoxy) is 1. The highest BCUT2D eigenvalue weighted by atomic mass is 19.1. The van der Waals surface area contributed by atoms with Crippen molar-refractivity contribution in [2.45, 2.75) is 37.8 Å². The molecular weight excluding hydrogens is 283 g/mol. The lowest BCUT2D eigenvalue weighted by Crippen LogP contribution is -2.54. The van der Waals surface area contributed by atoms with Crippen molar-refractivity contribution in [3.8, 4) is 5.75 Å². The molecule has 1 aliphatic carbocycles. The van der Waals surface area contributed by atoms with Crippen molar-refractivity contribution in [3.05, 3.63) is 24.0 Å². The van der Waals surface area contributed by atoms with E-state index in [4.69, 9.17) is 4.74 Å². The van der Waals surface area contributed by atoms with Gasteiger partial charge in [0, 0.05) is 38.3 Å². The Hall–Kier alpha value is -1.33. The van der Waals surface area contributed by atoms with Gasteiger partial charge in [-0.3, -0.25) is 4.90 Å². The number of aliphatic hydroxyl groups excluding tert-OH is 1.